The van der Waals surface area contributed by atoms with Gasteiger partial charge in [0, 0.05) is 34.8 Å². The summed E-state index contributed by atoms with van der Waals surface area (Å²) in [6.45, 7) is 0.567. The molecule has 1 aromatic carbocycles. The number of carbonyl (C=O) groups excluding carboxylic acids is 2. The van der Waals surface area contributed by atoms with Gasteiger partial charge >= 0.3 is 0 Å². The second kappa shape index (κ2) is 8.41. The van der Waals surface area contributed by atoms with E-state index in [9.17, 15) is 9.59 Å². The van der Waals surface area contributed by atoms with Gasteiger partial charge in [0.25, 0.3) is 5.91 Å². The van der Waals surface area contributed by atoms with Gasteiger partial charge in [-0.2, -0.15) is 0 Å². The molecule has 0 unspecified atom stereocenters. The van der Waals surface area contributed by atoms with E-state index < -0.39 is 0 Å². The Morgan fingerprint density at radius 2 is 1.74 bits per heavy atom. The van der Waals surface area contributed by atoms with Gasteiger partial charge in [0.1, 0.15) is 0 Å². The topological polar surface area (TPSA) is 71.3 Å². The molecular weight excluding hydrogens is 339 g/mol. The average molecular weight is 353 g/mol. The molecule has 2 amide bonds. The molecule has 0 bridgehead atoms. The maximum atomic E-state index is 11.7. The van der Waals surface area contributed by atoms with Crippen LogP contribution in [0.4, 0.5) is 0 Å². The fourth-order valence-electron chi connectivity index (χ4n) is 1.74. The molecule has 0 saturated heterocycles. The highest BCUT2D eigenvalue weighted by Crippen LogP contribution is 2.25. The predicted molar refractivity (Wildman–Crippen MR) is 89.5 cm³/mol. The molecule has 2 rings (SSSR count). The number of furan rings is 1. The number of hydrogen-bond donors (Lipinski definition) is 2. The lowest BCUT2D eigenvalue weighted by Gasteiger charge is -2.04. The molecule has 2 aromatic rings. The number of nitrogens with one attached hydrogen (secondary N) is 2. The predicted octanol–water partition coefficient (Wildman–Crippen LogP) is 3.15. The van der Waals surface area contributed by atoms with Crippen LogP contribution in [0.2, 0.25) is 10.0 Å². The van der Waals surface area contributed by atoms with Crippen molar-refractivity contribution in [2.24, 2.45) is 0 Å². The van der Waals surface area contributed by atoms with Crippen LogP contribution in [0.25, 0.3) is 6.08 Å². The quantitative estimate of drug-likeness (QED) is 0.619. The Balaban J connectivity index is 1.75. The maximum Gasteiger partial charge on any atom is 0.287 e. The van der Waals surface area contributed by atoms with Gasteiger partial charge < -0.3 is 15.1 Å². The van der Waals surface area contributed by atoms with Crippen molar-refractivity contribution in [3.05, 3.63) is 64.0 Å². The fraction of sp³-hybridized carbons (Fsp3) is 0.125. The Morgan fingerprint density at radius 1 is 1.04 bits per heavy atom. The van der Waals surface area contributed by atoms with Crippen molar-refractivity contribution in [1.82, 2.24) is 10.6 Å². The highest BCUT2D eigenvalue weighted by atomic mass is 35.5. The minimum Gasteiger partial charge on any atom is -0.459 e. The Bertz CT molecular complexity index is 692. The summed E-state index contributed by atoms with van der Waals surface area (Å²) >= 11 is 12.0. The highest BCUT2D eigenvalue weighted by molar-refractivity contribution is 6.37. The van der Waals surface area contributed by atoms with Gasteiger partial charge in [-0.15, -0.1) is 0 Å². The van der Waals surface area contributed by atoms with Crippen LogP contribution in [0.5, 0.6) is 0 Å². The van der Waals surface area contributed by atoms with Gasteiger partial charge in [-0.1, -0.05) is 29.3 Å². The van der Waals surface area contributed by atoms with Crippen molar-refractivity contribution in [3.8, 4) is 0 Å². The Labute approximate surface area is 143 Å². The van der Waals surface area contributed by atoms with E-state index in [0.29, 0.717) is 15.6 Å². The van der Waals surface area contributed by atoms with E-state index in [4.69, 9.17) is 27.6 Å². The fourth-order valence-corrected chi connectivity index (χ4v) is 2.27. The number of benzene rings is 1. The zero-order valence-electron chi connectivity index (χ0n) is 12.0. The molecule has 120 valence electrons. The SMILES string of the molecule is O=C(/C=C/c1c(Cl)cccc1Cl)NCCNC(=O)c1ccco1. The molecule has 1 heterocycles. The van der Waals surface area contributed by atoms with Crippen LogP contribution >= 0.6 is 23.2 Å². The molecule has 0 aliphatic rings. The van der Waals surface area contributed by atoms with Gasteiger partial charge in [-0.05, 0) is 30.3 Å². The smallest absolute Gasteiger partial charge is 0.287 e. The Morgan fingerprint density at radius 3 is 2.39 bits per heavy atom. The Kier molecular flexibility index (Phi) is 6.26. The number of amides is 2. The summed E-state index contributed by atoms with van der Waals surface area (Å²) in [6, 6.07) is 8.29. The second-order valence-corrected chi connectivity index (χ2v) is 5.31. The summed E-state index contributed by atoms with van der Waals surface area (Å²) in [5.41, 5.74) is 0.581. The van der Waals surface area contributed by atoms with Crippen molar-refractivity contribution < 1.29 is 14.0 Å². The van der Waals surface area contributed by atoms with Crippen LogP contribution in [0.3, 0.4) is 0 Å². The second-order valence-electron chi connectivity index (χ2n) is 4.49. The first-order chi connectivity index (χ1) is 11.1. The number of carbonyl (C=O) groups is 2. The molecule has 7 heteroatoms. The van der Waals surface area contributed by atoms with E-state index in [1.165, 1.54) is 12.3 Å². The first kappa shape index (κ1) is 17.1. The van der Waals surface area contributed by atoms with Gasteiger partial charge in [0.15, 0.2) is 5.76 Å². The molecule has 1 aromatic heterocycles. The molecule has 0 aliphatic heterocycles. The maximum absolute atomic E-state index is 11.7. The summed E-state index contributed by atoms with van der Waals surface area (Å²) in [5.74, 6) is -0.416. The van der Waals surface area contributed by atoms with Crippen LogP contribution in [0, 0.1) is 0 Å². The summed E-state index contributed by atoms with van der Waals surface area (Å²) in [7, 11) is 0. The lowest BCUT2D eigenvalue weighted by Crippen LogP contribution is -2.33. The van der Waals surface area contributed by atoms with Crippen LogP contribution in [0.15, 0.2) is 47.1 Å². The molecule has 2 N–H and O–H groups in total. The summed E-state index contributed by atoms with van der Waals surface area (Å²) in [5, 5.41) is 6.18. The first-order valence-corrected chi connectivity index (χ1v) is 7.55. The van der Waals surface area contributed by atoms with E-state index in [1.807, 2.05) is 0 Å². The first-order valence-electron chi connectivity index (χ1n) is 6.79. The third-order valence-electron chi connectivity index (χ3n) is 2.86. The lowest BCUT2D eigenvalue weighted by atomic mass is 10.2. The van der Waals surface area contributed by atoms with Crippen LogP contribution in [-0.4, -0.2) is 24.9 Å². The van der Waals surface area contributed by atoms with E-state index in [-0.39, 0.29) is 30.7 Å². The molecular formula is C16H14Cl2N2O3. The minimum atomic E-state index is -0.331. The summed E-state index contributed by atoms with van der Waals surface area (Å²) in [6.07, 6.45) is 4.30. The van der Waals surface area contributed by atoms with E-state index >= 15 is 0 Å². The zero-order chi connectivity index (χ0) is 16.7. The molecule has 0 radical (unpaired) electrons. The van der Waals surface area contributed by atoms with Gasteiger partial charge in [0.2, 0.25) is 5.91 Å². The van der Waals surface area contributed by atoms with Gasteiger partial charge in [-0.25, -0.2) is 0 Å². The monoisotopic (exact) mass is 352 g/mol. The molecule has 0 fully saturated rings. The Hall–Kier alpha value is -2.24. The van der Waals surface area contributed by atoms with E-state index in [2.05, 4.69) is 10.6 Å². The van der Waals surface area contributed by atoms with E-state index in [0.717, 1.165) is 0 Å². The molecule has 0 aliphatic carbocycles. The van der Waals surface area contributed by atoms with Gasteiger partial charge in [0.05, 0.1) is 6.26 Å². The summed E-state index contributed by atoms with van der Waals surface area (Å²) in [4.78, 5) is 23.3. The molecule has 0 atom stereocenters. The largest absolute Gasteiger partial charge is 0.459 e. The lowest BCUT2D eigenvalue weighted by molar-refractivity contribution is -0.116. The summed E-state index contributed by atoms with van der Waals surface area (Å²) < 4.78 is 4.95. The normalized spacial score (nSPS) is 10.7. The number of rotatable bonds is 6. The van der Waals surface area contributed by atoms with Crippen molar-refractivity contribution in [2.75, 3.05) is 13.1 Å². The van der Waals surface area contributed by atoms with Crippen molar-refractivity contribution in [2.45, 2.75) is 0 Å². The van der Waals surface area contributed by atoms with Crippen molar-refractivity contribution in [1.29, 1.82) is 0 Å². The van der Waals surface area contributed by atoms with E-state index in [1.54, 1.807) is 36.4 Å². The van der Waals surface area contributed by atoms with Crippen LogP contribution in [-0.2, 0) is 4.79 Å². The van der Waals surface area contributed by atoms with Crippen molar-refractivity contribution in [3.63, 3.8) is 0 Å². The third kappa shape index (κ3) is 5.16. The standard InChI is InChI=1S/C16H14Cl2N2O3/c17-12-3-1-4-13(18)11(12)6-7-15(21)19-8-9-20-16(22)14-5-2-10-23-14/h1-7,10H,8-9H2,(H,19,21)(H,20,22)/b7-6+. The highest BCUT2D eigenvalue weighted by Gasteiger charge is 2.07. The minimum absolute atomic E-state index is 0.226. The average Bonchev–Trinajstić information content (AvgIpc) is 3.05. The number of halogens is 2. The molecule has 0 saturated carbocycles. The van der Waals surface area contributed by atoms with Crippen LogP contribution in [0.1, 0.15) is 16.1 Å². The molecule has 0 spiro atoms. The van der Waals surface area contributed by atoms with Crippen molar-refractivity contribution >= 4 is 41.1 Å². The van der Waals surface area contributed by atoms with Gasteiger partial charge in [-0.3, -0.25) is 9.59 Å². The van der Waals surface area contributed by atoms with Crippen LogP contribution < -0.4 is 10.6 Å². The third-order valence-corrected chi connectivity index (χ3v) is 3.52. The zero-order valence-corrected chi connectivity index (χ0v) is 13.5. The molecule has 23 heavy (non-hydrogen) atoms. The number of hydrogen-bond acceptors (Lipinski definition) is 3. The molecule has 5 nitrogen and oxygen atoms in total.